The van der Waals surface area contributed by atoms with Gasteiger partial charge in [-0.2, -0.15) is 5.10 Å². The molecule has 3 heterocycles. The predicted molar refractivity (Wildman–Crippen MR) is 123 cm³/mol. The zero-order chi connectivity index (χ0) is 23.7. The average Bonchev–Trinajstić information content (AvgIpc) is 3.44. The first kappa shape index (κ1) is 21.8. The number of carbonyl (C=O) groups excluding carboxylic acids is 2. The number of amides is 2. The summed E-state index contributed by atoms with van der Waals surface area (Å²) in [5.74, 6) is 2.11. The summed E-state index contributed by atoms with van der Waals surface area (Å²) < 4.78 is 17.8. The van der Waals surface area contributed by atoms with Gasteiger partial charge in [-0.1, -0.05) is 6.07 Å². The zero-order valence-electron chi connectivity index (χ0n) is 18.9. The Morgan fingerprint density at radius 1 is 1.15 bits per heavy atom. The molecule has 1 atom stereocenters. The molecule has 3 aromatic rings. The van der Waals surface area contributed by atoms with E-state index in [-0.39, 0.29) is 11.8 Å². The molecule has 34 heavy (non-hydrogen) atoms. The summed E-state index contributed by atoms with van der Waals surface area (Å²) in [6.45, 7) is 1.92. The lowest BCUT2D eigenvalue weighted by atomic mass is 10.1. The number of hydrogen-bond donors (Lipinski definition) is 2. The third kappa shape index (κ3) is 4.67. The Balaban J connectivity index is 1.42. The summed E-state index contributed by atoms with van der Waals surface area (Å²) >= 11 is 0. The molecule has 2 N–H and O–H groups in total. The molecule has 10 heteroatoms. The SMILES string of the molecule is CN1COc2cc(Oc3cc(O[C@H]4CCN(C)C4=O)cc(C(=O)Nc4ccn[nH]4)c3)ccc2C1. The Labute approximate surface area is 196 Å². The highest BCUT2D eigenvalue weighted by atomic mass is 16.5. The van der Waals surface area contributed by atoms with Gasteiger partial charge in [0, 0.05) is 55.9 Å². The Morgan fingerprint density at radius 3 is 2.76 bits per heavy atom. The highest BCUT2D eigenvalue weighted by Crippen LogP contribution is 2.34. The molecular formula is C24H25N5O5. The van der Waals surface area contributed by atoms with Crippen molar-refractivity contribution in [2.24, 2.45) is 0 Å². The van der Waals surface area contributed by atoms with E-state index in [9.17, 15) is 9.59 Å². The molecule has 0 radical (unpaired) electrons. The second-order valence-electron chi connectivity index (χ2n) is 8.43. The fourth-order valence-electron chi connectivity index (χ4n) is 3.93. The number of anilines is 1. The Morgan fingerprint density at radius 2 is 2.00 bits per heavy atom. The smallest absolute Gasteiger partial charge is 0.263 e. The van der Waals surface area contributed by atoms with Crippen LogP contribution in [0.25, 0.3) is 0 Å². The number of aromatic amines is 1. The van der Waals surface area contributed by atoms with Gasteiger partial charge in [0.1, 0.15) is 35.5 Å². The van der Waals surface area contributed by atoms with Crippen molar-refractivity contribution < 1.29 is 23.8 Å². The molecule has 2 aliphatic heterocycles. The monoisotopic (exact) mass is 463 g/mol. The number of hydrogen-bond acceptors (Lipinski definition) is 7. The van der Waals surface area contributed by atoms with E-state index in [0.29, 0.717) is 48.3 Å². The second kappa shape index (κ2) is 9.06. The van der Waals surface area contributed by atoms with Crippen molar-refractivity contribution in [3.8, 4) is 23.0 Å². The van der Waals surface area contributed by atoms with Crippen molar-refractivity contribution in [2.45, 2.75) is 19.1 Å². The van der Waals surface area contributed by atoms with Crippen LogP contribution in [0, 0.1) is 0 Å². The summed E-state index contributed by atoms with van der Waals surface area (Å²) in [4.78, 5) is 28.9. The van der Waals surface area contributed by atoms with Crippen molar-refractivity contribution in [1.29, 1.82) is 0 Å². The first-order valence-corrected chi connectivity index (χ1v) is 10.9. The zero-order valence-corrected chi connectivity index (χ0v) is 18.9. The molecule has 0 unspecified atom stereocenters. The lowest BCUT2D eigenvalue weighted by Crippen LogP contribution is -2.29. The minimum Gasteiger partial charge on any atom is -0.480 e. The number of nitrogens with one attached hydrogen (secondary N) is 2. The molecule has 0 bridgehead atoms. The molecule has 1 aromatic heterocycles. The van der Waals surface area contributed by atoms with Gasteiger partial charge in [-0.3, -0.25) is 19.6 Å². The number of ether oxygens (including phenoxy) is 3. The van der Waals surface area contributed by atoms with Crippen LogP contribution in [-0.4, -0.2) is 65.3 Å². The number of fused-ring (bicyclic) bond motifs is 1. The van der Waals surface area contributed by atoms with Gasteiger partial charge in [0.2, 0.25) is 0 Å². The van der Waals surface area contributed by atoms with Gasteiger partial charge >= 0.3 is 0 Å². The predicted octanol–water partition coefficient (Wildman–Crippen LogP) is 2.85. The number of likely N-dealkylation sites (tertiary alicyclic amines) is 1. The van der Waals surface area contributed by atoms with Gasteiger partial charge in [0.15, 0.2) is 6.10 Å². The normalized spacial score (nSPS) is 17.8. The lowest BCUT2D eigenvalue weighted by Gasteiger charge is -2.25. The largest absolute Gasteiger partial charge is 0.480 e. The van der Waals surface area contributed by atoms with Crippen LogP contribution in [0.5, 0.6) is 23.0 Å². The van der Waals surface area contributed by atoms with Crippen LogP contribution >= 0.6 is 0 Å². The number of nitrogens with zero attached hydrogens (tertiary/aromatic N) is 3. The van der Waals surface area contributed by atoms with Crippen LogP contribution in [0.1, 0.15) is 22.3 Å². The molecule has 0 saturated carbocycles. The van der Waals surface area contributed by atoms with Crippen LogP contribution < -0.4 is 19.5 Å². The van der Waals surface area contributed by atoms with E-state index < -0.39 is 6.10 Å². The Kier molecular flexibility index (Phi) is 5.81. The van der Waals surface area contributed by atoms with Gasteiger partial charge in [0.05, 0.1) is 6.20 Å². The first-order chi connectivity index (χ1) is 16.4. The molecule has 1 fully saturated rings. The number of carbonyl (C=O) groups is 2. The van der Waals surface area contributed by atoms with Crippen molar-refractivity contribution in [3.63, 3.8) is 0 Å². The highest BCUT2D eigenvalue weighted by Gasteiger charge is 2.31. The Bertz CT molecular complexity index is 1210. The van der Waals surface area contributed by atoms with E-state index in [1.165, 1.54) is 0 Å². The summed E-state index contributed by atoms with van der Waals surface area (Å²) in [6, 6.07) is 12.2. The van der Waals surface area contributed by atoms with Gasteiger partial charge in [0.25, 0.3) is 11.8 Å². The third-order valence-corrected chi connectivity index (χ3v) is 5.70. The van der Waals surface area contributed by atoms with Gasteiger partial charge in [-0.15, -0.1) is 0 Å². The number of aromatic nitrogens is 2. The summed E-state index contributed by atoms with van der Waals surface area (Å²) in [6.07, 6.45) is 1.52. The summed E-state index contributed by atoms with van der Waals surface area (Å²) in [5.41, 5.74) is 1.39. The minimum absolute atomic E-state index is 0.0911. The van der Waals surface area contributed by atoms with Crippen LogP contribution in [0.15, 0.2) is 48.7 Å². The second-order valence-corrected chi connectivity index (χ2v) is 8.43. The van der Waals surface area contributed by atoms with Crippen LogP contribution in [0.2, 0.25) is 0 Å². The van der Waals surface area contributed by atoms with Crippen molar-refractivity contribution in [3.05, 3.63) is 59.8 Å². The molecular weight excluding hydrogens is 438 g/mol. The fourth-order valence-corrected chi connectivity index (χ4v) is 3.93. The van der Waals surface area contributed by atoms with Crippen LogP contribution in [0.3, 0.4) is 0 Å². The van der Waals surface area contributed by atoms with E-state index in [4.69, 9.17) is 14.2 Å². The maximum absolute atomic E-state index is 12.9. The number of likely N-dealkylation sites (N-methyl/N-ethyl adjacent to an activating group) is 1. The van der Waals surface area contributed by atoms with Gasteiger partial charge in [-0.05, 0) is 25.2 Å². The first-order valence-electron chi connectivity index (χ1n) is 10.9. The quantitative estimate of drug-likeness (QED) is 0.579. The van der Waals surface area contributed by atoms with E-state index in [0.717, 1.165) is 17.9 Å². The summed E-state index contributed by atoms with van der Waals surface area (Å²) in [7, 11) is 3.73. The van der Waals surface area contributed by atoms with E-state index in [2.05, 4.69) is 20.4 Å². The highest BCUT2D eigenvalue weighted by molar-refractivity contribution is 6.04. The standard InChI is InChI=1S/C24H25N5O5/c1-28-13-15-3-4-17(12-21(15)32-14-28)33-18-9-16(23(30)26-22-5-7-25-27-22)10-19(11-18)34-20-6-8-29(2)24(20)31/h3-5,7,9-12,20H,6,8,13-14H2,1-2H3,(H2,25,26,27,30)/t20-/m0/s1. The molecule has 10 nitrogen and oxygen atoms in total. The molecule has 0 spiro atoms. The molecule has 1 saturated heterocycles. The molecule has 176 valence electrons. The molecule has 0 aliphatic carbocycles. The third-order valence-electron chi connectivity index (χ3n) is 5.70. The molecule has 5 rings (SSSR count). The molecule has 2 aliphatic rings. The maximum Gasteiger partial charge on any atom is 0.263 e. The average molecular weight is 463 g/mol. The summed E-state index contributed by atoms with van der Waals surface area (Å²) in [5, 5.41) is 9.28. The molecule has 2 amide bonds. The minimum atomic E-state index is -0.599. The number of benzene rings is 2. The maximum atomic E-state index is 12.9. The van der Waals surface area contributed by atoms with Crippen LogP contribution in [-0.2, 0) is 11.3 Å². The van der Waals surface area contributed by atoms with Gasteiger partial charge < -0.3 is 24.4 Å². The van der Waals surface area contributed by atoms with E-state index in [1.807, 2.05) is 25.2 Å². The molecule has 2 aromatic carbocycles. The van der Waals surface area contributed by atoms with E-state index in [1.54, 1.807) is 42.4 Å². The number of rotatable bonds is 6. The van der Waals surface area contributed by atoms with Crippen molar-refractivity contribution >= 4 is 17.6 Å². The van der Waals surface area contributed by atoms with Crippen molar-refractivity contribution in [2.75, 3.05) is 32.7 Å². The van der Waals surface area contributed by atoms with E-state index >= 15 is 0 Å². The Hall–Kier alpha value is -4.05. The van der Waals surface area contributed by atoms with Crippen LogP contribution in [0.4, 0.5) is 5.82 Å². The van der Waals surface area contributed by atoms with Gasteiger partial charge in [-0.25, -0.2) is 0 Å². The fraction of sp³-hybridized carbons (Fsp3) is 0.292. The van der Waals surface area contributed by atoms with Crippen molar-refractivity contribution in [1.82, 2.24) is 20.0 Å². The number of H-pyrrole nitrogens is 1. The lowest BCUT2D eigenvalue weighted by molar-refractivity contribution is -0.132. The topological polar surface area (TPSA) is 109 Å².